The molecule has 0 aliphatic heterocycles. The fraction of sp³-hybridized carbons (Fsp3) is 0.200. The Morgan fingerprint density at radius 3 is 2.21 bits per heavy atom. The zero-order chi connectivity index (χ0) is 20.5. The van der Waals surface area contributed by atoms with Crippen LogP contribution in [0.15, 0.2) is 42.5 Å². The average Bonchev–Trinajstić information content (AvgIpc) is 2.70. The molecule has 0 aliphatic rings. The average molecular weight is 386 g/mol. The molecule has 2 amide bonds. The van der Waals surface area contributed by atoms with Gasteiger partial charge in [0.15, 0.2) is 18.1 Å². The molecule has 0 saturated carbocycles. The Morgan fingerprint density at radius 1 is 0.964 bits per heavy atom. The monoisotopic (exact) mass is 386 g/mol. The molecular formula is C20H22N2O6. The van der Waals surface area contributed by atoms with E-state index < -0.39 is 5.91 Å². The van der Waals surface area contributed by atoms with E-state index in [9.17, 15) is 9.59 Å². The Morgan fingerprint density at radius 2 is 1.64 bits per heavy atom. The fourth-order valence-electron chi connectivity index (χ4n) is 2.29. The van der Waals surface area contributed by atoms with Crippen LogP contribution in [-0.2, 0) is 9.59 Å². The van der Waals surface area contributed by atoms with E-state index >= 15 is 0 Å². The summed E-state index contributed by atoms with van der Waals surface area (Å²) in [5.74, 6) is 1.01. The Bertz CT molecular complexity index is 857. The number of methoxy groups -OCH3 is 3. The third-order valence-electron chi connectivity index (χ3n) is 3.60. The number of primary amides is 1. The zero-order valence-electron chi connectivity index (χ0n) is 15.9. The number of nitrogens with one attached hydrogen (secondary N) is 1. The van der Waals surface area contributed by atoms with Crippen molar-refractivity contribution in [3.63, 3.8) is 0 Å². The van der Waals surface area contributed by atoms with Gasteiger partial charge in [-0.2, -0.15) is 0 Å². The van der Waals surface area contributed by atoms with Gasteiger partial charge in [0.05, 0.1) is 21.3 Å². The summed E-state index contributed by atoms with van der Waals surface area (Å²) in [6.07, 6.45) is 3.00. The SMILES string of the molecule is COc1cc(NC(=O)/C=C/c2ccc(OCC(N)=O)c(OC)c2)cc(OC)c1. The predicted octanol–water partition coefficient (Wildman–Crippen LogP) is 2.23. The van der Waals surface area contributed by atoms with Crippen molar-refractivity contribution in [1.29, 1.82) is 0 Å². The minimum absolute atomic E-state index is 0.252. The highest BCUT2D eigenvalue weighted by Gasteiger charge is 2.07. The first-order valence-corrected chi connectivity index (χ1v) is 8.26. The van der Waals surface area contributed by atoms with Gasteiger partial charge in [-0.25, -0.2) is 0 Å². The maximum absolute atomic E-state index is 12.2. The number of amides is 2. The largest absolute Gasteiger partial charge is 0.497 e. The molecule has 0 unspecified atom stereocenters. The molecule has 8 nitrogen and oxygen atoms in total. The molecule has 28 heavy (non-hydrogen) atoms. The molecule has 0 atom stereocenters. The summed E-state index contributed by atoms with van der Waals surface area (Å²) in [6, 6.07) is 10.1. The van der Waals surface area contributed by atoms with Crippen LogP contribution in [0.2, 0.25) is 0 Å². The Kier molecular flexibility index (Phi) is 7.27. The first-order valence-electron chi connectivity index (χ1n) is 8.26. The minimum Gasteiger partial charge on any atom is -0.497 e. The highest BCUT2D eigenvalue weighted by Crippen LogP contribution is 2.29. The smallest absolute Gasteiger partial charge is 0.255 e. The van der Waals surface area contributed by atoms with Gasteiger partial charge >= 0.3 is 0 Å². The van der Waals surface area contributed by atoms with Crippen LogP contribution >= 0.6 is 0 Å². The normalized spacial score (nSPS) is 10.4. The highest BCUT2D eigenvalue weighted by atomic mass is 16.5. The molecule has 148 valence electrons. The summed E-state index contributed by atoms with van der Waals surface area (Å²) in [4.78, 5) is 23.0. The standard InChI is InChI=1S/C20H22N2O6/c1-25-15-9-14(10-16(11-15)26-2)22-20(24)7-5-13-4-6-17(18(8-13)27-3)28-12-19(21)23/h4-11H,12H2,1-3H3,(H2,21,23)(H,22,24)/b7-5+. The van der Waals surface area contributed by atoms with Crippen LogP contribution in [-0.4, -0.2) is 39.8 Å². The number of rotatable bonds is 9. The van der Waals surface area contributed by atoms with Crippen molar-refractivity contribution in [2.24, 2.45) is 5.73 Å². The Balaban J connectivity index is 2.08. The Labute approximate surface area is 162 Å². The lowest BCUT2D eigenvalue weighted by Gasteiger charge is -2.10. The number of anilines is 1. The molecule has 2 rings (SSSR count). The van der Waals surface area contributed by atoms with Gasteiger partial charge in [-0.1, -0.05) is 6.07 Å². The van der Waals surface area contributed by atoms with Gasteiger partial charge in [-0.3, -0.25) is 9.59 Å². The number of nitrogens with two attached hydrogens (primary N) is 1. The topological polar surface area (TPSA) is 109 Å². The second-order valence-electron chi connectivity index (χ2n) is 5.59. The Hall–Kier alpha value is -3.68. The lowest BCUT2D eigenvalue weighted by molar-refractivity contribution is -0.120. The molecule has 0 bridgehead atoms. The number of hydrogen-bond acceptors (Lipinski definition) is 6. The van der Waals surface area contributed by atoms with E-state index in [-0.39, 0.29) is 12.5 Å². The summed E-state index contributed by atoms with van der Waals surface area (Å²) < 4.78 is 20.8. The van der Waals surface area contributed by atoms with Crippen LogP contribution in [0.4, 0.5) is 5.69 Å². The van der Waals surface area contributed by atoms with Crippen molar-refractivity contribution in [3.05, 3.63) is 48.0 Å². The molecule has 0 radical (unpaired) electrons. The molecule has 2 aromatic carbocycles. The molecule has 3 N–H and O–H groups in total. The van der Waals surface area contributed by atoms with Crippen molar-refractivity contribution in [2.45, 2.75) is 0 Å². The summed E-state index contributed by atoms with van der Waals surface area (Å²) in [5.41, 5.74) is 6.32. The van der Waals surface area contributed by atoms with Gasteiger partial charge < -0.3 is 30.0 Å². The molecule has 0 saturated heterocycles. The third kappa shape index (κ3) is 5.94. The van der Waals surface area contributed by atoms with E-state index in [1.807, 2.05) is 0 Å². The fourth-order valence-corrected chi connectivity index (χ4v) is 2.29. The minimum atomic E-state index is -0.586. The summed E-state index contributed by atoms with van der Waals surface area (Å²) in [5, 5.41) is 2.74. The van der Waals surface area contributed by atoms with E-state index in [4.69, 9.17) is 24.7 Å². The predicted molar refractivity (Wildman–Crippen MR) is 105 cm³/mol. The van der Waals surface area contributed by atoms with Gasteiger partial charge in [0, 0.05) is 30.0 Å². The van der Waals surface area contributed by atoms with Gasteiger partial charge in [0.2, 0.25) is 5.91 Å². The maximum Gasteiger partial charge on any atom is 0.255 e. The highest BCUT2D eigenvalue weighted by molar-refractivity contribution is 6.02. The molecule has 0 spiro atoms. The van der Waals surface area contributed by atoms with Crippen LogP contribution in [0.5, 0.6) is 23.0 Å². The van der Waals surface area contributed by atoms with Crippen LogP contribution in [0.3, 0.4) is 0 Å². The lowest BCUT2D eigenvalue weighted by Crippen LogP contribution is -2.20. The first-order chi connectivity index (χ1) is 13.4. The van der Waals surface area contributed by atoms with Gasteiger partial charge in [-0.15, -0.1) is 0 Å². The molecule has 0 aromatic heterocycles. The quantitative estimate of drug-likeness (QED) is 0.640. The molecule has 2 aromatic rings. The van der Waals surface area contributed by atoms with Crippen LogP contribution in [0.1, 0.15) is 5.56 Å². The zero-order valence-corrected chi connectivity index (χ0v) is 15.9. The third-order valence-corrected chi connectivity index (χ3v) is 3.60. The lowest BCUT2D eigenvalue weighted by atomic mass is 10.2. The number of hydrogen-bond donors (Lipinski definition) is 2. The van der Waals surface area contributed by atoms with Gasteiger partial charge in [0.25, 0.3) is 5.91 Å². The van der Waals surface area contributed by atoms with Crippen molar-refractivity contribution >= 4 is 23.6 Å². The van der Waals surface area contributed by atoms with E-state index in [2.05, 4.69) is 5.32 Å². The molecule has 8 heteroatoms. The van der Waals surface area contributed by atoms with Crippen molar-refractivity contribution in [1.82, 2.24) is 0 Å². The van der Waals surface area contributed by atoms with Crippen molar-refractivity contribution in [2.75, 3.05) is 33.3 Å². The summed E-state index contributed by atoms with van der Waals surface area (Å²) in [6.45, 7) is -0.252. The van der Waals surface area contributed by atoms with Crippen LogP contribution in [0.25, 0.3) is 6.08 Å². The second kappa shape index (κ2) is 9.86. The summed E-state index contributed by atoms with van der Waals surface area (Å²) in [7, 11) is 4.54. The van der Waals surface area contributed by atoms with Crippen molar-refractivity contribution in [3.8, 4) is 23.0 Å². The second-order valence-corrected chi connectivity index (χ2v) is 5.59. The van der Waals surface area contributed by atoms with E-state index in [1.54, 1.807) is 42.5 Å². The molecule has 0 aliphatic carbocycles. The summed E-state index contributed by atoms with van der Waals surface area (Å²) >= 11 is 0. The first kappa shape index (κ1) is 20.6. The van der Waals surface area contributed by atoms with Crippen LogP contribution in [0, 0.1) is 0 Å². The van der Waals surface area contributed by atoms with Crippen LogP contribution < -0.4 is 30.0 Å². The molecular weight excluding hydrogens is 364 g/mol. The maximum atomic E-state index is 12.2. The molecule has 0 heterocycles. The molecule has 0 fully saturated rings. The number of benzene rings is 2. The van der Waals surface area contributed by atoms with Gasteiger partial charge in [-0.05, 0) is 23.8 Å². The number of carbonyl (C=O) groups is 2. The van der Waals surface area contributed by atoms with E-state index in [0.717, 1.165) is 0 Å². The van der Waals surface area contributed by atoms with E-state index in [0.29, 0.717) is 34.2 Å². The van der Waals surface area contributed by atoms with E-state index in [1.165, 1.54) is 27.4 Å². The van der Waals surface area contributed by atoms with Gasteiger partial charge in [0.1, 0.15) is 11.5 Å². The number of carbonyl (C=O) groups excluding carboxylic acids is 2. The number of ether oxygens (including phenoxy) is 4. The van der Waals surface area contributed by atoms with Crippen molar-refractivity contribution < 1.29 is 28.5 Å².